The molecule has 8 heteroatoms. The van der Waals surface area contributed by atoms with Crippen molar-refractivity contribution in [3.05, 3.63) is 58.5 Å². The fourth-order valence-corrected chi connectivity index (χ4v) is 3.24. The van der Waals surface area contributed by atoms with E-state index in [1.807, 2.05) is 18.2 Å². The first-order valence-electron chi connectivity index (χ1n) is 8.64. The zero-order valence-electron chi connectivity index (χ0n) is 15.4. The number of aryl methyl sites for hydroxylation is 1. The molecule has 0 spiro atoms. The summed E-state index contributed by atoms with van der Waals surface area (Å²) in [6.07, 6.45) is 2.72. The Hall–Kier alpha value is -1.61. The van der Waals surface area contributed by atoms with Crippen LogP contribution in [-0.2, 0) is 6.54 Å². The highest BCUT2D eigenvalue weighted by Crippen LogP contribution is 2.25. The molecule has 5 nitrogen and oxygen atoms in total. The van der Waals surface area contributed by atoms with E-state index in [2.05, 4.69) is 25.5 Å². The van der Waals surface area contributed by atoms with Crippen molar-refractivity contribution < 1.29 is 4.39 Å². The van der Waals surface area contributed by atoms with Gasteiger partial charge in [0.1, 0.15) is 11.6 Å². The van der Waals surface area contributed by atoms with E-state index in [1.165, 1.54) is 0 Å². The summed E-state index contributed by atoms with van der Waals surface area (Å²) in [6.45, 7) is 3.96. The molecule has 2 N–H and O–H groups in total. The molecule has 3 rings (SSSR count). The molecule has 1 atom stereocenters. The van der Waals surface area contributed by atoms with Crippen LogP contribution in [0.1, 0.15) is 17.5 Å². The Morgan fingerprint density at radius 1 is 1.41 bits per heavy atom. The standard InChI is InChI=1S/C19H23ClFN5.HI/c1-13-5-6-14(10-17(13)21)11-24-19(22-2)25-15-7-9-26(12-15)18-16(20)4-3-8-23-18;/h3-6,8,10,15H,7,9,11-12H2,1-2H3,(H2,22,24,25);1H. The molecule has 1 aliphatic rings. The summed E-state index contributed by atoms with van der Waals surface area (Å²) in [5.74, 6) is 1.33. The van der Waals surface area contributed by atoms with Gasteiger partial charge in [-0.2, -0.15) is 0 Å². The third-order valence-corrected chi connectivity index (χ3v) is 4.78. The zero-order valence-corrected chi connectivity index (χ0v) is 18.5. The number of guanidine groups is 1. The maximum atomic E-state index is 13.7. The number of rotatable bonds is 4. The number of halogens is 3. The van der Waals surface area contributed by atoms with Crippen molar-refractivity contribution in [1.82, 2.24) is 15.6 Å². The van der Waals surface area contributed by atoms with Gasteiger partial charge in [0.05, 0.1) is 5.02 Å². The number of aromatic nitrogens is 1. The average molecular weight is 504 g/mol. The molecule has 1 fully saturated rings. The van der Waals surface area contributed by atoms with Gasteiger partial charge in [-0.25, -0.2) is 9.37 Å². The van der Waals surface area contributed by atoms with Gasteiger partial charge in [0, 0.05) is 38.9 Å². The molecular weight excluding hydrogens is 480 g/mol. The van der Waals surface area contributed by atoms with Crippen LogP contribution in [-0.4, -0.2) is 37.1 Å². The van der Waals surface area contributed by atoms with E-state index >= 15 is 0 Å². The molecular formula is C19H24ClFIN5. The Morgan fingerprint density at radius 3 is 2.93 bits per heavy atom. The van der Waals surface area contributed by atoms with Crippen molar-refractivity contribution in [2.24, 2.45) is 4.99 Å². The molecule has 2 aromatic rings. The van der Waals surface area contributed by atoms with Crippen LogP contribution in [0, 0.1) is 12.7 Å². The fourth-order valence-electron chi connectivity index (χ4n) is 3.00. The van der Waals surface area contributed by atoms with Gasteiger partial charge in [-0.05, 0) is 42.7 Å². The SMILES string of the molecule is CN=C(NCc1ccc(C)c(F)c1)NC1CCN(c2ncccc2Cl)C1.I. The topological polar surface area (TPSA) is 52.6 Å². The van der Waals surface area contributed by atoms with Crippen molar-refractivity contribution in [2.75, 3.05) is 25.0 Å². The lowest BCUT2D eigenvalue weighted by Gasteiger charge is -2.20. The molecule has 2 heterocycles. The lowest BCUT2D eigenvalue weighted by atomic mass is 10.1. The van der Waals surface area contributed by atoms with E-state index in [-0.39, 0.29) is 35.8 Å². The number of hydrogen-bond acceptors (Lipinski definition) is 3. The number of hydrogen-bond donors (Lipinski definition) is 2. The Balaban J connectivity index is 0.00000261. The van der Waals surface area contributed by atoms with E-state index in [0.717, 1.165) is 30.9 Å². The van der Waals surface area contributed by atoms with Crippen molar-refractivity contribution in [1.29, 1.82) is 0 Å². The minimum atomic E-state index is -0.189. The molecule has 0 amide bonds. The number of anilines is 1. The number of nitrogens with zero attached hydrogens (tertiary/aromatic N) is 3. The highest BCUT2D eigenvalue weighted by molar-refractivity contribution is 14.0. The Kier molecular flexibility index (Phi) is 8.09. The summed E-state index contributed by atoms with van der Waals surface area (Å²) in [7, 11) is 1.73. The van der Waals surface area contributed by atoms with Crippen LogP contribution in [0.5, 0.6) is 0 Å². The summed E-state index contributed by atoms with van der Waals surface area (Å²) < 4.78 is 13.7. The van der Waals surface area contributed by atoms with Crippen molar-refractivity contribution in [2.45, 2.75) is 25.9 Å². The quantitative estimate of drug-likeness (QED) is 0.379. The Bertz CT molecular complexity index is 801. The molecule has 0 bridgehead atoms. The van der Waals surface area contributed by atoms with Gasteiger partial charge in [0.25, 0.3) is 0 Å². The Labute approximate surface area is 181 Å². The van der Waals surface area contributed by atoms with Gasteiger partial charge in [-0.3, -0.25) is 4.99 Å². The largest absolute Gasteiger partial charge is 0.353 e. The van der Waals surface area contributed by atoms with Gasteiger partial charge >= 0.3 is 0 Å². The smallest absolute Gasteiger partial charge is 0.191 e. The van der Waals surface area contributed by atoms with Crippen LogP contribution in [0.4, 0.5) is 10.2 Å². The predicted molar refractivity (Wildman–Crippen MR) is 120 cm³/mol. The van der Waals surface area contributed by atoms with Gasteiger partial charge < -0.3 is 15.5 Å². The van der Waals surface area contributed by atoms with Crippen molar-refractivity contribution >= 4 is 47.4 Å². The van der Waals surface area contributed by atoms with Crippen LogP contribution in [0.25, 0.3) is 0 Å². The maximum Gasteiger partial charge on any atom is 0.191 e. The molecule has 1 unspecified atom stereocenters. The number of nitrogens with one attached hydrogen (secondary N) is 2. The highest BCUT2D eigenvalue weighted by Gasteiger charge is 2.25. The van der Waals surface area contributed by atoms with E-state index in [9.17, 15) is 4.39 Å². The van der Waals surface area contributed by atoms with Gasteiger partial charge in [-0.1, -0.05) is 23.7 Å². The maximum absolute atomic E-state index is 13.7. The lowest BCUT2D eigenvalue weighted by molar-refractivity contribution is 0.614. The van der Waals surface area contributed by atoms with Crippen LogP contribution in [0.2, 0.25) is 5.02 Å². The van der Waals surface area contributed by atoms with Crippen molar-refractivity contribution in [3.63, 3.8) is 0 Å². The fraction of sp³-hybridized carbons (Fsp3) is 0.368. The monoisotopic (exact) mass is 503 g/mol. The first kappa shape index (κ1) is 21.7. The molecule has 1 saturated heterocycles. The average Bonchev–Trinajstić information content (AvgIpc) is 3.10. The second-order valence-electron chi connectivity index (χ2n) is 6.39. The molecule has 0 saturated carbocycles. The third kappa shape index (κ3) is 5.68. The molecule has 0 radical (unpaired) electrons. The number of pyridine rings is 1. The van der Waals surface area contributed by atoms with Crippen molar-refractivity contribution in [3.8, 4) is 0 Å². The van der Waals surface area contributed by atoms with E-state index in [1.54, 1.807) is 32.3 Å². The molecule has 1 aromatic carbocycles. The summed E-state index contributed by atoms with van der Waals surface area (Å²) in [6, 6.07) is 9.18. The molecule has 0 aliphatic carbocycles. The second kappa shape index (κ2) is 10.1. The number of aliphatic imine (C=N–C) groups is 1. The molecule has 1 aliphatic heterocycles. The summed E-state index contributed by atoms with van der Waals surface area (Å²) in [5, 5.41) is 7.31. The minimum Gasteiger partial charge on any atom is -0.353 e. The normalized spacial score (nSPS) is 16.8. The van der Waals surface area contributed by atoms with Crippen LogP contribution < -0.4 is 15.5 Å². The molecule has 27 heavy (non-hydrogen) atoms. The van der Waals surface area contributed by atoms with Gasteiger partial charge in [-0.15, -0.1) is 24.0 Å². The number of benzene rings is 1. The first-order chi connectivity index (χ1) is 12.6. The van der Waals surface area contributed by atoms with Gasteiger partial charge in [0.2, 0.25) is 0 Å². The minimum absolute atomic E-state index is 0. The molecule has 146 valence electrons. The van der Waals surface area contributed by atoms with Gasteiger partial charge in [0.15, 0.2) is 5.96 Å². The summed E-state index contributed by atoms with van der Waals surface area (Å²) >= 11 is 6.24. The predicted octanol–water partition coefficient (Wildman–Crippen LogP) is 3.74. The van der Waals surface area contributed by atoms with E-state index in [0.29, 0.717) is 23.1 Å². The Morgan fingerprint density at radius 2 is 2.22 bits per heavy atom. The van der Waals surface area contributed by atoms with E-state index < -0.39 is 0 Å². The lowest BCUT2D eigenvalue weighted by Crippen LogP contribution is -2.44. The first-order valence-corrected chi connectivity index (χ1v) is 9.02. The van der Waals surface area contributed by atoms with E-state index in [4.69, 9.17) is 11.6 Å². The summed E-state index contributed by atoms with van der Waals surface area (Å²) in [5.41, 5.74) is 1.53. The summed E-state index contributed by atoms with van der Waals surface area (Å²) in [4.78, 5) is 10.8. The zero-order chi connectivity index (χ0) is 18.5. The highest BCUT2D eigenvalue weighted by atomic mass is 127. The van der Waals surface area contributed by atoms with Crippen LogP contribution in [0.15, 0.2) is 41.5 Å². The van der Waals surface area contributed by atoms with Crippen LogP contribution in [0.3, 0.4) is 0 Å². The second-order valence-corrected chi connectivity index (χ2v) is 6.80. The molecule has 1 aromatic heterocycles. The third-order valence-electron chi connectivity index (χ3n) is 4.49. The van der Waals surface area contributed by atoms with Crippen LogP contribution >= 0.6 is 35.6 Å².